The van der Waals surface area contributed by atoms with Crippen LogP contribution in [0, 0.1) is 16.0 Å². The van der Waals surface area contributed by atoms with E-state index >= 15 is 0 Å². The van der Waals surface area contributed by atoms with Crippen LogP contribution in [0.15, 0.2) is 29.2 Å². The summed E-state index contributed by atoms with van der Waals surface area (Å²) in [5.74, 6) is 0.248. The molecule has 1 aromatic carbocycles. The van der Waals surface area contributed by atoms with Crippen molar-refractivity contribution in [3.63, 3.8) is 0 Å². The van der Waals surface area contributed by atoms with E-state index in [1.165, 1.54) is 24.3 Å². The smallest absolute Gasteiger partial charge is 0.289 e. The second-order valence-corrected chi connectivity index (χ2v) is 6.73. The molecular weight excluding hydrogens is 282 g/mol. The van der Waals surface area contributed by atoms with E-state index in [2.05, 4.69) is 9.62 Å². The second-order valence-electron chi connectivity index (χ2n) is 4.99. The van der Waals surface area contributed by atoms with E-state index in [4.69, 9.17) is 0 Å². The third-order valence-electron chi connectivity index (χ3n) is 3.40. The molecule has 0 bridgehead atoms. The summed E-state index contributed by atoms with van der Waals surface area (Å²) in [5, 5.41) is 10.9. The third-order valence-corrected chi connectivity index (χ3v) is 4.87. The maximum atomic E-state index is 12.2. The van der Waals surface area contributed by atoms with Crippen molar-refractivity contribution in [1.82, 2.24) is 9.62 Å². The minimum Gasteiger partial charge on any atom is -0.306 e. The summed E-state index contributed by atoms with van der Waals surface area (Å²) in [6.45, 7) is 2.08. The molecule has 1 heterocycles. The molecule has 1 saturated heterocycles. The standard InChI is InChI=1S/C12H17N3O4S/c1-14-7-6-10(9-14)8-13-20(18,19)12-5-3-2-4-11(12)15(16)17/h2-5,10,13H,6-9H2,1H3. The first-order valence-electron chi connectivity index (χ1n) is 6.32. The number of nitrogens with zero attached hydrogens (tertiary/aromatic N) is 2. The van der Waals surface area contributed by atoms with E-state index in [0.29, 0.717) is 6.54 Å². The van der Waals surface area contributed by atoms with Gasteiger partial charge in [0.2, 0.25) is 10.0 Å². The average Bonchev–Trinajstić information content (AvgIpc) is 2.82. The van der Waals surface area contributed by atoms with E-state index in [1.807, 2.05) is 7.05 Å². The number of sulfonamides is 1. The molecule has 0 amide bonds. The Kier molecular flexibility index (Phi) is 4.36. The molecule has 110 valence electrons. The number of nitro benzene ring substituents is 1. The summed E-state index contributed by atoms with van der Waals surface area (Å²) >= 11 is 0. The molecule has 1 aromatic rings. The lowest BCUT2D eigenvalue weighted by Crippen LogP contribution is -2.31. The predicted molar refractivity (Wildman–Crippen MR) is 73.9 cm³/mol. The molecule has 0 spiro atoms. The van der Waals surface area contributed by atoms with Crippen molar-refractivity contribution >= 4 is 15.7 Å². The fourth-order valence-corrected chi connectivity index (χ4v) is 3.62. The number of likely N-dealkylation sites (tertiary alicyclic amines) is 1. The Morgan fingerprint density at radius 1 is 1.45 bits per heavy atom. The summed E-state index contributed by atoms with van der Waals surface area (Å²) in [7, 11) is -1.87. The maximum absolute atomic E-state index is 12.2. The van der Waals surface area contributed by atoms with Gasteiger partial charge in [-0.15, -0.1) is 0 Å². The van der Waals surface area contributed by atoms with Crippen molar-refractivity contribution in [2.75, 3.05) is 26.7 Å². The van der Waals surface area contributed by atoms with Crippen LogP contribution in [-0.4, -0.2) is 44.9 Å². The Hall–Kier alpha value is -1.51. The Bertz CT molecular complexity index is 602. The highest BCUT2D eigenvalue weighted by Crippen LogP contribution is 2.23. The van der Waals surface area contributed by atoms with Gasteiger partial charge in [0.1, 0.15) is 0 Å². The zero-order chi connectivity index (χ0) is 14.8. The van der Waals surface area contributed by atoms with Crippen molar-refractivity contribution in [2.24, 2.45) is 5.92 Å². The Morgan fingerprint density at radius 2 is 2.15 bits per heavy atom. The molecule has 1 aliphatic heterocycles. The van der Waals surface area contributed by atoms with E-state index < -0.39 is 20.6 Å². The van der Waals surface area contributed by atoms with Crippen LogP contribution in [0.4, 0.5) is 5.69 Å². The molecular formula is C12H17N3O4S. The Morgan fingerprint density at radius 3 is 2.75 bits per heavy atom. The molecule has 2 rings (SSSR count). The maximum Gasteiger partial charge on any atom is 0.289 e. The number of hydrogen-bond acceptors (Lipinski definition) is 5. The highest BCUT2D eigenvalue weighted by molar-refractivity contribution is 7.89. The first-order valence-corrected chi connectivity index (χ1v) is 7.80. The van der Waals surface area contributed by atoms with Crippen molar-refractivity contribution < 1.29 is 13.3 Å². The van der Waals surface area contributed by atoms with Crippen molar-refractivity contribution in [1.29, 1.82) is 0 Å². The summed E-state index contributed by atoms with van der Waals surface area (Å²) in [6.07, 6.45) is 0.926. The second kappa shape index (κ2) is 5.86. The number of para-hydroxylation sites is 1. The van der Waals surface area contributed by atoms with Gasteiger partial charge in [-0.1, -0.05) is 12.1 Å². The molecule has 1 unspecified atom stereocenters. The molecule has 1 atom stereocenters. The molecule has 1 fully saturated rings. The van der Waals surface area contributed by atoms with Gasteiger partial charge in [0, 0.05) is 19.2 Å². The summed E-state index contributed by atoms with van der Waals surface area (Å²) < 4.78 is 26.8. The van der Waals surface area contributed by atoms with E-state index in [9.17, 15) is 18.5 Å². The molecule has 0 aromatic heterocycles. The number of benzene rings is 1. The van der Waals surface area contributed by atoms with Crippen LogP contribution in [0.25, 0.3) is 0 Å². The largest absolute Gasteiger partial charge is 0.306 e. The lowest BCUT2D eigenvalue weighted by molar-refractivity contribution is -0.387. The highest BCUT2D eigenvalue weighted by Gasteiger charge is 2.27. The van der Waals surface area contributed by atoms with Crippen LogP contribution < -0.4 is 4.72 Å². The van der Waals surface area contributed by atoms with Gasteiger partial charge in [0.25, 0.3) is 5.69 Å². The van der Waals surface area contributed by atoms with Gasteiger partial charge in [-0.05, 0) is 32.0 Å². The molecule has 0 radical (unpaired) electrons. The number of nitro groups is 1. The van der Waals surface area contributed by atoms with Gasteiger partial charge in [-0.25, -0.2) is 13.1 Å². The van der Waals surface area contributed by atoms with Crippen LogP contribution >= 0.6 is 0 Å². The van der Waals surface area contributed by atoms with Crippen molar-refractivity contribution in [3.05, 3.63) is 34.4 Å². The third kappa shape index (κ3) is 3.33. The van der Waals surface area contributed by atoms with Gasteiger partial charge >= 0.3 is 0 Å². The molecule has 7 nitrogen and oxygen atoms in total. The first-order chi connectivity index (χ1) is 9.40. The molecule has 1 N–H and O–H groups in total. The summed E-state index contributed by atoms with van der Waals surface area (Å²) in [4.78, 5) is 12.0. The summed E-state index contributed by atoms with van der Waals surface area (Å²) in [5.41, 5.74) is -0.400. The molecule has 20 heavy (non-hydrogen) atoms. The SMILES string of the molecule is CN1CCC(CNS(=O)(=O)c2ccccc2[N+](=O)[O-])C1. The first kappa shape index (κ1) is 14.9. The fraction of sp³-hybridized carbons (Fsp3) is 0.500. The molecule has 0 aliphatic carbocycles. The average molecular weight is 299 g/mol. The topological polar surface area (TPSA) is 92.6 Å². The minimum absolute atomic E-state index is 0.248. The normalized spacial score (nSPS) is 20.1. The number of rotatable bonds is 5. The van der Waals surface area contributed by atoms with E-state index in [-0.39, 0.29) is 10.8 Å². The van der Waals surface area contributed by atoms with Crippen LogP contribution in [0.1, 0.15) is 6.42 Å². The van der Waals surface area contributed by atoms with Gasteiger partial charge in [0.15, 0.2) is 4.90 Å². The monoisotopic (exact) mass is 299 g/mol. The van der Waals surface area contributed by atoms with Crippen LogP contribution in [0.3, 0.4) is 0 Å². The molecule has 0 saturated carbocycles. The lowest BCUT2D eigenvalue weighted by Gasteiger charge is -2.12. The number of nitrogens with one attached hydrogen (secondary N) is 1. The van der Waals surface area contributed by atoms with Gasteiger partial charge in [-0.3, -0.25) is 10.1 Å². The van der Waals surface area contributed by atoms with Gasteiger partial charge < -0.3 is 4.90 Å². The van der Waals surface area contributed by atoms with Crippen LogP contribution in [-0.2, 0) is 10.0 Å². The fourth-order valence-electron chi connectivity index (χ4n) is 2.33. The lowest BCUT2D eigenvalue weighted by atomic mass is 10.1. The van der Waals surface area contributed by atoms with Crippen molar-refractivity contribution in [3.8, 4) is 0 Å². The zero-order valence-corrected chi connectivity index (χ0v) is 12.0. The van der Waals surface area contributed by atoms with E-state index in [0.717, 1.165) is 19.5 Å². The number of hydrogen-bond donors (Lipinski definition) is 1. The van der Waals surface area contributed by atoms with Crippen LogP contribution in [0.5, 0.6) is 0 Å². The zero-order valence-electron chi connectivity index (χ0n) is 11.2. The minimum atomic E-state index is -3.85. The molecule has 8 heteroatoms. The van der Waals surface area contributed by atoms with Gasteiger partial charge in [0.05, 0.1) is 4.92 Å². The Balaban J connectivity index is 2.12. The van der Waals surface area contributed by atoms with E-state index in [1.54, 1.807) is 0 Å². The van der Waals surface area contributed by atoms with Gasteiger partial charge in [-0.2, -0.15) is 0 Å². The van der Waals surface area contributed by atoms with Crippen molar-refractivity contribution in [2.45, 2.75) is 11.3 Å². The predicted octanol–water partition coefficient (Wildman–Crippen LogP) is 0.825. The quantitative estimate of drug-likeness (QED) is 0.642. The summed E-state index contributed by atoms with van der Waals surface area (Å²) in [6, 6.07) is 5.37. The van der Waals surface area contributed by atoms with Crippen LogP contribution in [0.2, 0.25) is 0 Å². The Labute approximate surface area is 117 Å². The highest BCUT2D eigenvalue weighted by atomic mass is 32.2. The molecule has 1 aliphatic rings.